The summed E-state index contributed by atoms with van der Waals surface area (Å²) in [6, 6.07) is -4.87. The second-order valence-corrected chi connectivity index (χ2v) is 8.86. The molecular weight excluding hydrogens is 450 g/mol. The SMILES string of the molecule is CC(C)CC(N)C(=O)NC(CCC(=O)O)C(=O)NC(CCC(N)=O)C(=O)NC(C(=O)O)C(C)C. The quantitative estimate of drug-likeness (QED) is 0.137. The van der Waals surface area contributed by atoms with Crippen molar-refractivity contribution in [2.45, 2.75) is 84.0 Å². The van der Waals surface area contributed by atoms with Crippen LogP contribution in [-0.2, 0) is 28.8 Å². The Morgan fingerprint density at radius 3 is 1.65 bits per heavy atom. The minimum absolute atomic E-state index is 0.0945. The molecule has 0 aliphatic heterocycles. The van der Waals surface area contributed by atoms with Crippen LogP contribution in [-0.4, -0.2) is 69.9 Å². The van der Waals surface area contributed by atoms with Gasteiger partial charge in [-0.1, -0.05) is 27.7 Å². The molecule has 0 aromatic rings. The summed E-state index contributed by atoms with van der Waals surface area (Å²) in [5.74, 6) is -6.03. The number of nitrogens with one attached hydrogen (secondary N) is 3. The lowest BCUT2D eigenvalue weighted by atomic mass is 10.0. The van der Waals surface area contributed by atoms with Gasteiger partial charge in [0.15, 0.2) is 0 Å². The van der Waals surface area contributed by atoms with Crippen LogP contribution in [0.3, 0.4) is 0 Å². The Morgan fingerprint density at radius 1 is 0.765 bits per heavy atom. The Balaban J connectivity index is 5.62. The summed E-state index contributed by atoms with van der Waals surface area (Å²) in [5, 5.41) is 25.4. The molecule has 13 heteroatoms. The van der Waals surface area contributed by atoms with Crippen molar-refractivity contribution in [3.8, 4) is 0 Å². The zero-order valence-corrected chi connectivity index (χ0v) is 20.0. The fraction of sp³-hybridized carbons (Fsp3) is 0.714. The van der Waals surface area contributed by atoms with Crippen LogP contribution in [0.5, 0.6) is 0 Å². The maximum atomic E-state index is 12.9. The number of carboxylic acids is 2. The molecule has 0 saturated carbocycles. The first-order valence-corrected chi connectivity index (χ1v) is 11.0. The summed E-state index contributed by atoms with van der Waals surface area (Å²) in [6.07, 6.45) is -0.929. The van der Waals surface area contributed by atoms with E-state index in [1.807, 2.05) is 13.8 Å². The molecule has 4 atom stereocenters. The summed E-state index contributed by atoms with van der Waals surface area (Å²) in [5.41, 5.74) is 11.0. The molecule has 0 aromatic heterocycles. The standard InChI is InChI=1S/C21H37N5O8/c1-10(2)9-12(22)18(30)24-14(6-8-16(28)29)19(31)25-13(5-7-15(23)27)20(32)26-17(11(3)4)21(33)34/h10-14,17H,5-9,22H2,1-4H3,(H2,23,27)(H,24,30)(H,25,31)(H,26,32)(H,28,29)(H,33,34). The first-order valence-electron chi connectivity index (χ1n) is 11.0. The van der Waals surface area contributed by atoms with E-state index >= 15 is 0 Å². The highest BCUT2D eigenvalue weighted by Gasteiger charge is 2.31. The van der Waals surface area contributed by atoms with Crippen LogP contribution in [0, 0.1) is 11.8 Å². The number of carbonyl (C=O) groups is 6. The Labute approximate surface area is 198 Å². The number of nitrogens with two attached hydrogens (primary N) is 2. The molecule has 34 heavy (non-hydrogen) atoms. The van der Waals surface area contributed by atoms with Crippen LogP contribution in [0.4, 0.5) is 0 Å². The lowest BCUT2D eigenvalue weighted by Crippen LogP contribution is -2.57. The van der Waals surface area contributed by atoms with Crippen molar-refractivity contribution < 1.29 is 39.0 Å². The molecule has 0 fully saturated rings. The summed E-state index contributed by atoms with van der Waals surface area (Å²) in [4.78, 5) is 71.6. The minimum Gasteiger partial charge on any atom is -0.481 e. The van der Waals surface area contributed by atoms with Crippen LogP contribution in [0.15, 0.2) is 0 Å². The van der Waals surface area contributed by atoms with Gasteiger partial charge in [0.1, 0.15) is 18.1 Å². The number of aliphatic carboxylic acids is 2. The Bertz CT molecular complexity index is 755. The van der Waals surface area contributed by atoms with Gasteiger partial charge in [-0.15, -0.1) is 0 Å². The molecule has 0 aromatic carbocycles. The largest absolute Gasteiger partial charge is 0.481 e. The fourth-order valence-corrected chi connectivity index (χ4v) is 3.03. The lowest BCUT2D eigenvalue weighted by molar-refractivity contribution is -0.143. The number of rotatable bonds is 16. The van der Waals surface area contributed by atoms with Crippen molar-refractivity contribution >= 4 is 35.6 Å². The summed E-state index contributed by atoms with van der Waals surface area (Å²) in [6.45, 7) is 6.86. The maximum Gasteiger partial charge on any atom is 0.326 e. The first-order chi connectivity index (χ1) is 15.6. The zero-order valence-electron chi connectivity index (χ0n) is 20.0. The van der Waals surface area contributed by atoms with Gasteiger partial charge in [-0.3, -0.25) is 24.0 Å². The van der Waals surface area contributed by atoms with Crippen LogP contribution < -0.4 is 27.4 Å². The third kappa shape index (κ3) is 12.1. The second-order valence-electron chi connectivity index (χ2n) is 8.86. The highest BCUT2D eigenvalue weighted by molar-refractivity contribution is 5.94. The summed E-state index contributed by atoms with van der Waals surface area (Å²) in [7, 11) is 0. The molecule has 4 unspecified atom stereocenters. The molecule has 0 saturated heterocycles. The third-order valence-corrected chi connectivity index (χ3v) is 4.88. The lowest BCUT2D eigenvalue weighted by Gasteiger charge is -2.26. The van der Waals surface area contributed by atoms with Gasteiger partial charge in [-0.25, -0.2) is 4.79 Å². The van der Waals surface area contributed by atoms with Crippen molar-refractivity contribution in [1.29, 1.82) is 0 Å². The molecule has 0 radical (unpaired) electrons. The molecule has 0 rings (SSSR count). The average Bonchev–Trinajstić information content (AvgIpc) is 2.70. The molecule has 0 aliphatic rings. The van der Waals surface area contributed by atoms with Crippen LogP contribution in [0.25, 0.3) is 0 Å². The molecule has 0 spiro atoms. The van der Waals surface area contributed by atoms with Gasteiger partial charge in [0, 0.05) is 12.8 Å². The molecule has 13 nitrogen and oxygen atoms in total. The maximum absolute atomic E-state index is 12.9. The Morgan fingerprint density at radius 2 is 1.24 bits per heavy atom. The number of hydrogen-bond acceptors (Lipinski definition) is 7. The van der Waals surface area contributed by atoms with Crippen molar-refractivity contribution in [3.05, 3.63) is 0 Å². The molecular formula is C21H37N5O8. The fourth-order valence-electron chi connectivity index (χ4n) is 3.03. The van der Waals surface area contributed by atoms with Gasteiger partial charge in [0.05, 0.1) is 6.04 Å². The summed E-state index contributed by atoms with van der Waals surface area (Å²) < 4.78 is 0. The van der Waals surface area contributed by atoms with Crippen molar-refractivity contribution in [2.24, 2.45) is 23.3 Å². The Hall–Kier alpha value is -3.22. The van der Waals surface area contributed by atoms with Crippen LogP contribution in [0.1, 0.15) is 59.8 Å². The number of carbonyl (C=O) groups excluding carboxylic acids is 4. The Kier molecular flexibility index (Phi) is 13.4. The second kappa shape index (κ2) is 14.8. The first kappa shape index (κ1) is 30.8. The smallest absolute Gasteiger partial charge is 0.326 e. The molecule has 0 heterocycles. The van der Waals surface area contributed by atoms with Crippen LogP contribution in [0.2, 0.25) is 0 Å². The van der Waals surface area contributed by atoms with E-state index in [4.69, 9.17) is 16.6 Å². The number of hydrogen-bond donors (Lipinski definition) is 7. The van der Waals surface area contributed by atoms with Gasteiger partial charge in [-0.05, 0) is 31.1 Å². The predicted octanol–water partition coefficient (Wildman–Crippen LogP) is -1.31. The average molecular weight is 488 g/mol. The van der Waals surface area contributed by atoms with Gasteiger partial charge in [-0.2, -0.15) is 0 Å². The monoisotopic (exact) mass is 487 g/mol. The van der Waals surface area contributed by atoms with E-state index in [2.05, 4.69) is 16.0 Å². The summed E-state index contributed by atoms with van der Waals surface area (Å²) >= 11 is 0. The van der Waals surface area contributed by atoms with E-state index in [0.29, 0.717) is 6.42 Å². The number of amides is 4. The highest BCUT2D eigenvalue weighted by Crippen LogP contribution is 2.08. The number of carboxylic acid groups (broad SMARTS) is 2. The molecule has 194 valence electrons. The van der Waals surface area contributed by atoms with E-state index in [1.54, 1.807) is 13.8 Å². The molecule has 4 amide bonds. The molecule has 9 N–H and O–H groups in total. The normalized spacial score (nSPS) is 14.6. The van der Waals surface area contributed by atoms with E-state index in [9.17, 15) is 33.9 Å². The predicted molar refractivity (Wildman–Crippen MR) is 121 cm³/mol. The van der Waals surface area contributed by atoms with Crippen molar-refractivity contribution in [2.75, 3.05) is 0 Å². The van der Waals surface area contributed by atoms with Gasteiger partial charge < -0.3 is 37.6 Å². The van der Waals surface area contributed by atoms with E-state index in [1.165, 1.54) is 0 Å². The minimum atomic E-state index is -1.35. The van der Waals surface area contributed by atoms with Crippen molar-refractivity contribution in [3.63, 3.8) is 0 Å². The number of primary amides is 1. The topological polar surface area (TPSA) is 231 Å². The highest BCUT2D eigenvalue weighted by atomic mass is 16.4. The molecule has 0 bridgehead atoms. The third-order valence-electron chi connectivity index (χ3n) is 4.88. The van der Waals surface area contributed by atoms with Gasteiger partial charge in [0.2, 0.25) is 23.6 Å². The van der Waals surface area contributed by atoms with E-state index in [-0.39, 0.29) is 25.2 Å². The molecule has 0 aliphatic carbocycles. The van der Waals surface area contributed by atoms with Crippen LogP contribution >= 0.6 is 0 Å². The van der Waals surface area contributed by atoms with Gasteiger partial charge in [0.25, 0.3) is 0 Å². The van der Waals surface area contributed by atoms with E-state index in [0.717, 1.165) is 0 Å². The van der Waals surface area contributed by atoms with Crippen molar-refractivity contribution in [1.82, 2.24) is 16.0 Å². The zero-order chi connectivity index (χ0) is 26.6. The van der Waals surface area contributed by atoms with E-state index < -0.39 is 72.1 Å². The van der Waals surface area contributed by atoms with Gasteiger partial charge >= 0.3 is 11.9 Å².